The van der Waals surface area contributed by atoms with E-state index in [9.17, 15) is 10.4 Å². The molecule has 0 saturated heterocycles. The second kappa shape index (κ2) is 7.84. The molecule has 0 unspecified atom stereocenters. The van der Waals surface area contributed by atoms with Crippen molar-refractivity contribution in [2.45, 2.75) is 43.2 Å². The van der Waals surface area contributed by atoms with Gasteiger partial charge in [-0.1, -0.05) is 43.2 Å². The molecule has 2 aromatic heterocycles. The quantitative estimate of drug-likeness (QED) is 0.378. The zero-order chi connectivity index (χ0) is 18.6. The van der Waals surface area contributed by atoms with Crippen LogP contribution >= 0.6 is 11.8 Å². The minimum atomic E-state index is -0.0704. The Bertz CT molecular complexity index is 977. The standard InChI is InChI=1S/C19H19N5O2S/c20-10-13(17-21-14-8-4-5-9-15(14)22-17)16(25)11-27-19-24-23-18(26-19)12-6-2-1-3-7-12/h4-5,8-9,12,25H,1-3,6-7,11H2,(H,21,22)/b16-13-. The SMILES string of the molecule is N#C/C(=C(/O)CSc1nnc(C2CCCCC2)o1)c1nc2ccccc2[nH]1. The van der Waals surface area contributed by atoms with Crippen molar-refractivity contribution in [1.82, 2.24) is 20.2 Å². The van der Waals surface area contributed by atoms with E-state index < -0.39 is 0 Å². The average Bonchev–Trinajstić information content (AvgIpc) is 3.34. The predicted octanol–water partition coefficient (Wildman–Crippen LogP) is 4.58. The van der Waals surface area contributed by atoms with Crippen molar-refractivity contribution in [2.24, 2.45) is 0 Å². The van der Waals surface area contributed by atoms with Crippen molar-refractivity contribution in [2.75, 3.05) is 5.75 Å². The largest absolute Gasteiger partial charge is 0.510 e. The number of hydrogen-bond donors (Lipinski definition) is 2. The van der Waals surface area contributed by atoms with E-state index in [1.165, 1.54) is 31.0 Å². The number of rotatable bonds is 5. The van der Waals surface area contributed by atoms with Crippen molar-refractivity contribution in [3.05, 3.63) is 41.7 Å². The lowest BCUT2D eigenvalue weighted by Gasteiger charge is -2.17. The molecule has 2 heterocycles. The number of fused-ring (bicyclic) bond motifs is 1. The number of benzene rings is 1. The fourth-order valence-corrected chi connectivity index (χ4v) is 3.97. The lowest BCUT2D eigenvalue weighted by molar-refractivity contribution is 0.334. The van der Waals surface area contributed by atoms with E-state index in [0.29, 0.717) is 22.9 Å². The number of nitriles is 1. The highest BCUT2D eigenvalue weighted by atomic mass is 32.2. The minimum absolute atomic E-state index is 0.0704. The molecule has 2 N–H and O–H groups in total. The average molecular weight is 381 g/mol. The highest BCUT2D eigenvalue weighted by Gasteiger charge is 2.22. The first-order valence-electron chi connectivity index (χ1n) is 8.98. The van der Waals surface area contributed by atoms with E-state index in [-0.39, 0.29) is 17.1 Å². The van der Waals surface area contributed by atoms with Gasteiger partial charge in [0.1, 0.15) is 17.4 Å². The van der Waals surface area contributed by atoms with Gasteiger partial charge in [-0.2, -0.15) is 5.26 Å². The van der Waals surface area contributed by atoms with Crippen LogP contribution in [0.5, 0.6) is 0 Å². The highest BCUT2D eigenvalue weighted by Crippen LogP contribution is 2.33. The number of imidazole rings is 1. The van der Waals surface area contributed by atoms with Crippen molar-refractivity contribution >= 4 is 28.4 Å². The molecule has 4 rings (SSSR count). The van der Waals surface area contributed by atoms with Gasteiger partial charge in [-0.3, -0.25) is 0 Å². The van der Waals surface area contributed by atoms with Gasteiger partial charge in [0.05, 0.1) is 16.8 Å². The Hall–Kier alpha value is -2.79. The number of nitrogens with zero attached hydrogens (tertiary/aromatic N) is 4. The molecule has 1 aromatic carbocycles. The number of aromatic nitrogens is 4. The molecule has 27 heavy (non-hydrogen) atoms. The van der Waals surface area contributed by atoms with Gasteiger partial charge in [0, 0.05) is 5.92 Å². The topological polar surface area (TPSA) is 112 Å². The maximum absolute atomic E-state index is 10.4. The van der Waals surface area contributed by atoms with E-state index in [2.05, 4.69) is 20.2 Å². The molecule has 0 atom stereocenters. The third-order valence-electron chi connectivity index (χ3n) is 4.74. The zero-order valence-electron chi connectivity index (χ0n) is 14.7. The lowest BCUT2D eigenvalue weighted by Crippen LogP contribution is -2.04. The summed E-state index contributed by atoms with van der Waals surface area (Å²) < 4.78 is 5.74. The van der Waals surface area contributed by atoms with Crippen molar-refractivity contribution in [3.8, 4) is 6.07 Å². The molecular weight excluding hydrogens is 362 g/mol. The van der Waals surface area contributed by atoms with Crippen molar-refractivity contribution < 1.29 is 9.52 Å². The van der Waals surface area contributed by atoms with Crippen molar-refractivity contribution in [3.63, 3.8) is 0 Å². The summed E-state index contributed by atoms with van der Waals surface area (Å²) in [6.07, 6.45) is 5.83. The van der Waals surface area contributed by atoms with Crippen molar-refractivity contribution in [1.29, 1.82) is 5.26 Å². The summed E-state index contributed by atoms with van der Waals surface area (Å²) >= 11 is 1.22. The molecule has 0 amide bonds. The van der Waals surface area contributed by atoms with E-state index in [1.54, 1.807) is 0 Å². The number of thioether (sulfide) groups is 1. The zero-order valence-corrected chi connectivity index (χ0v) is 15.5. The van der Waals surface area contributed by atoms with Gasteiger partial charge >= 0.3 is 0 Å². The van der Waals surface area contributed by atoms with Gasteiger partial charge in [0.15, 0.2) is 5.82 Å². The molecule has 3 aromatic rings. The Labute approximate surface area is 160 Å². The van der Waals surface area contributed by atoms with Gasteiger partial charge < -0.3 is 14.5 Å². The number of aliphatic hydroxyl groups is 1. The first-order chi connectivity index (χ1) is 13.2. The van der Waals surface area contributed by atoms with Gasteiger partial charge in [0.25, 0.3) is 5.22 Å². The normalized spacial score (nSPS) is 16.3. The van der Waals surface area contributed by atoms with E-state index in [4.69, 9.17) is 4.42 Å². The molecule has 0 aliphatic heterocycles. The maximum atomic E-state index is 10.4. The van der Waals surface area contributed by atoms with E-state index >= 15 is 0 Å². The van der Waals surface area contributed by atoms with E-state index in [1.807, 2.05) is 30.3 Å². The van der Waals surface area contributed by atoms with Crippen LogP contribution in [0.15, 0.2) is 39.7 Å². The molecular formula is C19H19N5O2S. The fraction of sp³-hybridized carbons (Fsp3) is 0.368. The number of para-hydroxylation sites is 2. The summed E-state index contributed by atoms with van der Waals surface area (Å²) in [4.78, 5) is 7.43. The van der Waals surface area contributed by atoms with Gasteiger partial charge in [-0.15, -0.1) is 10.2 Å². The molecule has 7 nitrogen and oxygen atoms in total. The van der Waals surface area contributed by atoms with Crippen LogP contribution in [0.1, 0.15) is 49.7 Å². The maximum Gasteiger partial charge on any atom is 0.277 e. The second-order valence-electron chi connectivity index (χ2n) is 6.57. The van der Waals surface area contributed by atoms with Gasteiger partial charge in [-0.05, 0) is 25.0 Å². The Kier molecular flexibility index (Phi) is 5.12. The summed E-state index contributed by atoms with van der Waals surface area (Å²) in [5, 5.41) is 28.5. The molecule has 1 fully saturated rings. The summed E-state index contributed by atoms with van der Waals surface area (Å²) in [5.41, 5.74) is 1.68. The molecule has 0 spiro atoms. The van der Waals surface area contributed by atoms with Crippen LogP contribution in [0.3, 0.4) is 0 Å². The summed E-state index contributed by atoms with van der Waals surface area (Å²) in [6, 6.07) is 9.51. The highest BCUT2D eigenvalue weighted by molar-refractivity contribution is 7.99. The number of allylic oxidation sites excluding steroid dienone is 1. The number of aliphatic hydroxyl groups excluding tert-OH is 1. The second-order valence-corrected chi connectivity index (χ2v) is 7.49. The Morgan fingerprint density at radius 1 is 1.26 bits per heavy atom. The molecule has 1 saturated carbocycles. The van der Waals surface area contributed by atoms with Crippen LogP contribution in [-0.2, 0) is 0 Å². The third kappa shape index (κ3) is 3.83. The number of aromatic amines is 1. The number of hydrogen-bond acceptors (Lipinski definition) is 7. The summed E-state index contributed by atoms with van der Waals surface area (Å²) in [5.74, 6) is 1.46. The molecule has 8 heteroatoms. The first-order valence-corrected chi connectivity index (χ1v) is 9.96. The molecule has 138 valence electrons. The number of H-pyrrole nitrogens is 1. The van der Waals surface area contributed by atoms with Crippen LogP contribution in [0, 0.1) is 11.3 Å². The van der Waals surface area contributed by atoms with E-state index in [0.717, 1.165) is 23.9 Å². The number of nitrogens with one attached hydrogen (secondary N) is 1. The Morgan fingerprint density at radius 3 is 2.85 bits per heavy atom. The monoisotopic (exact) mass is 381 g/mol. The smallest absolute Gasteiger partial charge is 0.277 e. The van der Waals surface area contributed by atoms with Crippen LogP contribution < -0.4 is 0 Å². The molecule has 1 aliphatic carbocycles. The lowest BCUT2D eigenvalue weighted by atomic mass is 9.89. The third-order valence-corrected chi connectivity index (χ3v) is 5.57. The van der Waals surface area contributed by atoms with Crippen LogP contribution in [0.25, 0.3) is 16.6 Å². The van der Waals surface area contributed by atoms with Crippen LogP contribution in [-0.4, -0.2) is 31.0 Å². The minimum Gasteiger partial charge on any atom is -0.510 e. The van der Waals surface area contributed by atoms with Gasteiger partial charge in [0.2, 0.25) is 5.89 Å². The predicted molar refractivity (Wildman–Crippen MR) is 102 cm³/mol. The van der Waals surface area contributed by atoms with Gasteiger partial charge in [-0.25, -0.2) is 4.98 Å². The first kappa shape index (κ1) is 17.6. The summed E-state index contributed by atoms with van der Waals surface area (Å²) in [7, 11) is 0. The molecule has 0 radical (unpaired) electrons. The Morgan fingerprint density at radius 2 is 2.07 bits per heavy atom. The van der Waals surface area contributed by atoms with Crippen LogP contribution in [0.2, 0.25) is 0 Å². The molecule has 0 bridgehead atoms. The Balaban J connectivity index is 1.47. The fourth-order valence-electron chi connectivity index (χ4n) is 3.32. The molecule has 1 aliphatic rings. The summed E-state index contributed by atoms with van der Waals surface area (Å²) in [6.45, 7) is 0. The van der Waals surface area contributed by atoms with Crippen LogP contribution in [0.4, 0.5) is 0 Å².